The second-order valence-electron chi connectivity index (χ2n) is 7.83. The van der Waals surface area contributed by atoms with Gasteiger partial charge >= 0.3 is 0 Å². The van der Waals surface area contributed by atoms with Crippen LogP contribution in [0.1, 0.15) is 49.7 Å². The first-order valence-electron chi connectivity index (χ1n) is 8.28. The lowest BCUT2D eigenvalue weighted by Gasteiger charge is -2.60. The van der Waals surface area contributed by atoms with Gasteiger partial charge in [-0.05, 0) is 61.8 Å². The summed E-state index contributed by atoms with van der Waals surface area (Å²) in [6.45, 7) is 5.57. The molecule has 0 saturated heterocycles. The Bertz CT molecular complexity index is 550. The van der Waals surface area contributed by atoms with E-state index < -0.39 is 0 Å². The maximum Gasteiger partial charge on any atom is 0.0441 e. The van der Waals surface area contributed by atoms with Crippen LogP contribution >= 0.6 is 0 Å². The second-order valence-corrected chi connectivity index (χ2v) is 7.83. The minimum Gasteiger partial charge on any atom is -0.361 e. The van der Waals surface area contributed by atoms with E-state index >= 15 is 0 Å². The van der Waals surface area contributed by atoms with Crippen molar-refractivity contribution in [3.8, 4) is 0 Å². The first-order valence-corrected chi connectivity index (χ1v) is 8.28. The van der Waals surface area contributed by atoms with E-state index in [2.05, 4.69) is 35.7 Å². The first kappa shape index (κ1) is 11.4. The van der Waals surface area contributed by atoms with Crippen molar-refractivity contribution >= 4 is 5.70 Å². The highest BCUT2D eigenvalue weighted by Crippen LogP contribution is 2.60. The van der Waals surface area contributed by atoms with E-state index in [1.807, 2.05) is 0 Å². The lowest BCUT2D eigenvalue weighted by atomic mass is 9.52. The fourth-order valence-corrected chi connectivity index (χ4v) is 6.20. The molecule has 4 aliphatic carbocycles. The average Bonchev–Trinajstić information content (AvgIpc) is 2.76. The Hall–Kier alpha value is -1.24. The number of hydrogen-bond donors (Lipinski definition) is 0. The molecule has 6 rings (SSSR count). The lowest BCUT2D eigenvalue weighted by molar-refractivity contribution is -0.0666. The highest BCUT2D eigenvalue weighted by molar-refractivity contribution is 5.69. The van der Waals surface area contributed by atoms with Crippen LogP contribution in [-0.4, -0.2) is 10.4 Å². The Balaban J connectivity index is 1.54. The molecule has 4 bridgehead atoms. The standard InChI is InChI=1S/C19H23N/c1-13-18-5-3-2-4-17(18)12-20(13)19-9-14-6-15(10-19)8-16(7-14)11-19/h2-5,14-16H,1,6-12H2. The highest BCUT2D eigenvalue weighted by Gasteiger charge is 2.54. The van der Waals surface area contributed by atoms with E-state index in [-0.39, 0.29) is 0 Å². The Kier molecular flexibility index (Phi) is 2.11. The van der Waals surface area contributed by atoms with Crippen LogP contribution in [-0.2, 0) is 6.54 Å². The Morgan fingerprint density at radius 1 is 0.950 bits per heavy atom. The third-order valence-electron chi connectivity index (χ3n) is 6.56. The van der Waals surface area contributed by atoms with Crippen LogP contribution in [0.3, 0.4) is 0 Å². The van der Waals surface area contributed by atoms with Gasteiger partial charge in [-0.15, -0.1) is 0 Å². The van der Waals surface area contributed by atoms with Crippen LogP contribution < -0.4 is 0 Å². The molecule has 1 heterocycles. The smallest absolute Gasteiger partial charge is 0.0441 e. The summed E-state index contributed by atoms with van der Waals surface area (Å²) in [7, 11) is 0. The molecule has 1 aromatic carbocycles. The average molecular weight is 265 g/mol. The van der Waals surface area contributed by atoms with Crippen molar-refractivity contribution in [3.63, 3.8) is 0 Å². The highest BCUT2D eigenvalue weighted by atomic mass is 15.2. The van der Waals surface area contributed by atoms with Gasteiger partial charge in [-0.25, -0.2) is 0 Å². The summed E-state index contributed by atoms with van der Waals surface area (Å²) < 4.78 is 0. The number of fused-ring (bicyclic) bond motifs is 1. The van der Waals surface area contributed by atoms with Gasteiger partial charge in [0.15, 0.2) is 0 Å². The molecule has 0 N–H and O–H groups in total. The largest absolute Gasteiger partial charge is 0.361 e. The summed E-state index contributed by atoms with van der Waals surface area (Å²) in [4.78, 5) is 2.71. The van der Waals surface area contributed by atoms with E-state index in [0.717, 1.165) is 24.3 Å². The SMILES string of the molecule is C=C1c2ccccc2CN1C12CC3CC(CC(C3)C1)C2. The zero-order chi connectivity index (χ0) is 13.3. The summed E-state index contributed by atoms with van der Waals surface area (Å²) in [5.41, 5.74) is 4.67. The molecule has 1 aromatic rings. The number of nitrogens with zero attached hydrogens (tertiary/aromatic N) is 1. The number of hydrogen-bond acceptors (Lipinski definition) is 1. The van der Waals surface area contributed by atoms with E-state index in [4.69, 9.17) is 0 Å². The molecule has 0 unspecified atom stereocenters. The Morgan fingerprint density at radius 2 is 1.55 bits per heavy atom. The van der Waals surface area contributed by atoms with Crippen molar-refractivity contribution in [2.45, 2.75) is 50.6 Å². The van der Waals surface area contributed by atoms with Crippen molar-refractivity contribution in [3.05, 3.63) is 42.0 Å². The zero-order valence-electron chi connectivity index (χ0n) is 12.1. The van der Waals surface area contributed by atoms with Crippen molar-refractivity contribution < 1.29 is 0 Å². The molecule has 20 heavy (non-hydrogen) atoms. The van der Waals surface area contributed by atoms with Crippen molar-refractivity contribution in [2.75, 3.05) is 0 Å². The molecule has 0 spiro atoms. The molecule has 0 atom stereocenters. The summed E-state index contributed by atoms with van der Waals surface area (Å²) in [6, 6.07) is 8.89. The van der Waals surface area contributed by atoms with E-state index in [1.54, 1.807) is 0 Å². The molecule has 1 nitrogen and oxygen atoms in total. The van der Waals surface area contributed by atoms with Crippen LogP contribution in [0.4, 0.5) is 0 Å². The van der Waals surface area contributed by atoms with Gasteiger partial charge in [0, 0.05) is 23.3 Å². The minimum absolute atomic E-state index is 0.463. The molecule has 104 valence electrons. The monoisotopic (exact) mass is 265 g/mol. The lowest BCUT2D eigenvalue weighted by Crippen LogP contribution is -2.58. The first-order chi connectivity index (χ1) is 9.73. The van der Waals surface area contributed by atoms with Crippen molar-refractivity contribution in [2.24, 2.45) is 17.8 Å². The summed E-state index contributed by atoms with van der Waals surface area (Å²) in [5, 5.41) is 0. The zero-order valence-corrected chi connectivity index (χ0v) is 12.1. The van der Waals surface area contributed by atoms with E-state index in [1.165, 1.54) is 55.3 Å². The van der Waals surface area contributed by atoms with E-state index in [0.29, 0.717) is 5.54 Å². The van der Waals surface area contributed by atoms with Gasteiger partial charge in [-0.3, -0.25) is 0 Å². The maximum atomic E-state index is 4.46. The molecule has 1 aliphatic heterocycles. The molecular formula is C19H23N. The molecular weight excluding hydrogens is 242 g/mol. The third-order valence-corrected chi connectivity index (χ3v) is 6.56. The van der Waals surface area contributed by atoms with Crippen LogP contribution in [0.5, 0.6) is 0 Å². The fraction of sp³-hybridized carbons (Fsp3) is 0.579. The van der Waals surface area contributed by atoms with Gasteiger partial charge in [-0.1, -0.05) is 30.8 Å². The Morgan fingerprint density at radius 3 is 2.15 bits per heavy atom. The molecule has 5 aliphatic rings. The molecule has 0 radical (unpaired) electrons. The van der Waals surface area contributed by atoms with Crippen molar-refractivity contribution in [1.29, 1.82) is 0 Å². The van der Waals surface area contributed by atoms with Crippen LogP contribution in [0.25, 0.3) is 5.70 Å². The number of rotatable bonds is 1. The molecule has 0 aromatic heterocycles. The van der Waals surface area contributed by atoms with E-state index in [9.17, 15) is 0 Å². The minimum atomic E-state index is 0.463. The Labute approximate surface area is 121 Å². The van der Waals surface area contributed by atoms with Crippen LogP contribution in [0, 0.1) is 17.8 Å². The molecule has 1 heteroatoms. The summed E-state index contributed by atoms with van der Waals surface area (Å²) >= 11 is 0. The molecule has 4 fully saturated rings. The van der Waals surface area contributed by atoms with Crippen molar-refractivity contribution in [1.82, 2.24) is 4.90 Å². The molecule has 0 amide bonds. The van der Waals surface area contributed by atoms with Gasteiger partial charge in [0.05, 0.1) is 0 Å². The molecule has 4 saturated carbocycles. The topological polar surface area (TPSA) is 3.24 Å². The van der Waals surface area contributed by atoms with Crippen LogP contribution in [0.15, 0.2) is 30.8 Å². The maximum absolute atomic E-state index is 4.46. The van der Waals surface area contributed by atoms with Gasteiger partial charge in [0.2, 0.25) is 0 Å². The fourth-order valence-electron chi connectivity index (χ4n) is 6.20. The normalized spacial score (nSPS) is 41.3. The predicted molar refractivity (Wildman–Crippen MR) is 81.9 cm³/mol. The second kappa shape index (κ2) is 3.69. The number of benzene rings is 1. The predicted octanol–water partition coefficient (Wildman–Crippen LogP) is 4.44. The summed E-state index contributed by atoms with van der Waals surface area (Å²) in [5.74, 6) is 3.04. The third kappa shape index (κ3) is 1.39. The van der Waals surface area contributed by atoms with Crippen LogP contribution in [0.2, 0.25) is 0 Å². The van der Waals surface area contributed by atoms with Gasteiger partial charge < -0.3 is 4.90 Å². The van der Waals surface area contributed by atoms with Gasteiger partial charge in [0.1, 0.15) is 0 Å². The quantitative estimate of drug-likeness (QED) is 0.725. The summed E-state index contributed by atoms with van der Waals surface area (Å²) in [6.07, 6.45) is 8.87. The van der Waals surface area contributed by atoms with Gasteiger partial charge in [0.25, 0.3) is 0 Å². The van der Waals surface area contributed by atoms with Gasteiger partial charge in [-0.2, -0.15) is 0 Å².